The molecule has 3 aromatic carbocycles. The smallest absolute Gasteiger partial charge is 0.275 e. The highest BCUT2D eigenvalue weighted by atomic mass is 35.5. The van der Waals surface area contributed by atoms with Crippen LogP contribution in [0.2, 0.25) is 5.02 Å². The molecule has 28 heavy (non-hydrogen) atoms. The summed E-state index contributed by atoms with van der Waals surface area (Å²) >= 11 is 7.83. The van der Waals surface area contributed by atoms with Crippen molar-refractivity contribution in [3.63, 3.8) is 0 Å². The first-order valence-corrected chi connectivity index (χ1v) is 10.2. The van der Waals surface area contributed by atoms with E-state index in [2.05, 4.69) is 10.5 Å². The molecule has 3 aromatic rings. The van der Waals surface area contributed by atoms with Crippen LogP contribution in [0.15, 0.2) is 82.8 Å². The van der Waals surface area contributed by atoms with Crippen LogP contribution >= 0.6 is 23.4 Å². The molecule has 0 aliphatic rings. The van der Waals surface area contributed by atoms with Crippen molar-refractivity contribution in [2.75, 3.05) is 6.26 Å². The van der Waals surface area contributed by atoms with E-state index < -0.39 is 0 Å². The van der Waals surface area contributed by atoms with Gasteiger partial charge in [-0.3, -0.25) is 4.79 Å². The largest absolute Gasteiger partial charge is 0.488 e. The monoisotopic (exact) mass is 410 g/mol. The first-order chi connectivity index (χ1) is 13.7. The summed E-state index contributed by atoms with van der Waals surface area (Å²) in [5.41, 5.74) is 4.71. The molecule has 0 aliphatic carbocycles. The zero-order chi connectivity index (χ0) is 19.8. The predicted molar refractivity (Wildman–Crippen MR) is 116 cm³/mol. The van der Waals surface area contributed by atoms with Crippen LogP contribution in [0.4, 0.5) is 0 Å². The highest BCUT2D eigenvalue weighted by molar-refractivity contribution is 7.98. The fraction of sp³-hybridized carbons (Fsp3) is 0.0909. The van der Waals surface area contributed by atoms with Gasteiger partial charge in [-0.1, -0.05) is 54.1 Å². The number of nitrogens with one attached hydrogen (secondary N) is 1. The number of rotatable bonds is 7. The minimum absolute atomic E-state index is 0.273. The van der Waals surface area contributed by atoms with Gasteiger partial charge in [0.25, 0.3) is 5.91 Å². The summed E-state index contributed by atoms with van der Waals surface area (Å²) < 4.78 is 5.82. The van der Waals surface area contributed by atoms with Crippen LogP contribution in [-0.4, -0.2) is 18.4 Å². The first kappa shape index (κ1) is 20.0. The Kier molecular flexibility index (Phi) is 7.12. The minimum atomic E-state index is -0.341. The Morgan fingerprint density at radius 2 is 1.79 bits per heavy atom. The van der Waals surface area contributed by atoms with Crippen LogP contribution < -0.4 is 10.2 Å². The average Bonchev–Trinajstić information content (AvgIpc) is 2.74. The molecule has 4 nitrogen and oxygen atoms in total. The highest BCUT2D eigenvalue weighted by Gasteiger charge is 2.12. The first-order valence-electron chi connectivity index (χ1n) is 8.60. The van der Waals surface area contributed by atoms with Crippen molar-refractivity contribution in [1.29, 1.82) is 0 Å². The Balaban J connectivity index is 1.65. The van der Waals surface area contributed by atoms with Crippen LogP contribution in [0.1, 0.15) is 21.5 Å². The van der Waals surface area contributed by atoms with Crippen molar-refractivity contribution in [2.45, 2.75) is 11.5 Å². The Bertz CT molecular complexity index is 974. The molecule has 0 aliphatic heterocycles. The van der Waals surface area contributed by atoms with E-state index in [9.17, 15) is 4.79 Å². The summed E-state index contributed by atoms with van der Waals surface area (Å²) in [5, 5.41) is 4.67. The number of halogens is 1. The van der Waals surface area contributed by atoms with Crippen LogP contribution in [0, 0.1) is 0 Å². The molecule has 0 fully saturated rings. The number of carbonyl (C=O) groups excluding carboxylic acids is 1. The van der Waals surface area contributed by atoms with Gasteiger partial charge in [0, 0.05) is 15.5 Å². The molecule has 0 unspecified atom stereocenters. The molecule has 0 bridgehead atoms. The fourth-order valence-electron chi connectivity index (χ4n) is 2.47. The molecule has 1 N–H and O–H groups in total. The molecule has 0 aromatic heterocycles. The minimum Gasteiger partial charge on any atom is -0.488 e. The lowest BCUT2D eigenvalue weighted by Gasteiger charge is -2.11. The number of amides is 1. The second kappa shape index (κ2) is 9.97. The lowest BCUT2D eigenvalue weighted by atomic mass is 10.2. The number of hydrogen-bond acceptors (Lipinski definition) is 4. The van der Waals surface area contributed by atoms with Gasteiger partial charge in [-0.25, -0.2) is 5.43 Å². The molecule has 0 heterocycles. The van der Waals surface area contributed by atoms with Gasteiger partial charge >= 0.3 is 0 Å². The normalized spacial score (nSPS) is 10.8. The zero-order valence-corrected chi connectivity index (χ0v) is 16.8. The summed E-state index contributed by atoms with van der Waals surface area (Å²) in [6.07, 6.45) is 3.63. The molecule has 3 rings (SSSR count). The number of benzene rings is 3. The lowest BCUT2D eigenvalue weighted by Crippen LogP contribution is -2.18. The van der Waals surface area contributed by atoms with Crippen molar-refractivity contribution in [3.8, 4) is 5.75 Å². The van der Waals surface area contributed by atoms with E-state index in [1.54, 1.807) is 42.2 Å². The third-order valence-corrected chi connectivity index (χ3v) is 5.08. The van der Waals surface area contributed by atoms with Crippen molar-refractivity contribution < 1.29 is 9.53 Å². The maximum absolute atomic E-state index is 12.5. The van der Waals surface area contributed by atoms with Gasteiger partial charge in [-0.05, 0) is 42.2 Å². The number of carbonyl (C=O) groups is 1. The topological polar surface area (TPSA) is 50.7 Å². The molecule has 0 spiro atoms. The number of hydrazone groups is 1. The SMILES string of the molecule is CSc1ccc(/C=N/NC(=O)c2ccccc2OCc2ccccc2Cl)cc1. The number of hydrogen-bond donors (Lipinski definition) is 1. The van der Waals surface area contributed by atoms with Crippen LogP contribution in [0.5, 0.6) is 5.75 Å². The Morgan fingerprint density at radius 3 is 2.54 bits per heavy atom. The van der Waals surface area contributed by atoms with E-state index >= 15 is 0 Å². The number of nitrogens with zero attached hydrogens (tertiary/aromatic N) is 1. The van der Waals surface area contributed by atoms with Gasteiger partial charge < -0.3 is 4.74 Å². The van der Waals surface area contributed by atoms with E-state index in [0.29, 0.717) is 16.3 Å². The summed E-state index contributed by atoms with van der Waals surface area (Å²) in [6, 6.07) is 22.4. The predicted octanol–water partition coefficient (Wildman–Crippen LogP) is 5.40. The van der Waals surface area contributed by atoms with Gasteiger partial charge in [-0.15, -0.1) is 11.8 Å². The standard InChI is InChI=1S/C22H19ClN2O2S/c1-28-18-12-10-16(11-13-18)14-24-25-22(26)19-7-3-5-9-21(19)27-15-17-6-2-4-8-20(17)23/h2-14H,15H2,1H3,(H,25,26)/b24-14+. The lowest BCUT2D eigenvalue weighted by molar-refractivity contribution is 0.0950. The quantitative estimate of drug-likeness (QED) is 0.322. The van der Waals surface area contributed by atoms with Gasteiger partial charge in [0.1, 0.15) is 12.4 Å². The zero-order valence-electron chi connectivity index (χ0n) is 15.3. The summed E-state index contributed by atoms with van der Waals surface area (Å²) in [7, 11) is 0. The van der Waals surface area contributed by atoms with Crippen molar-refractivity contribution >= 4 is 35.5 Å². The van der Waals surface area contributed by atoms with Crippen LogP contribution in [-0.2, 0) is 6.61 Å². The van der Waals surface area contributed by atoms with E-state index in [-0.39, 0.29) is 12.5 Å². The number of thioether (sulfide) groups is 1. The summed E-state index contributed by atoms with van der Waals surface area (Å²) in [5.74, 6) is 0.131. The van der Waals surface area contributed by atoms with Crippen molar-refractivity contribution in [2.24, 2.45) is 5.10 Å². The maximum atomic E-state index is 12.5. The number of ether oxygens (including phenoxy) is 1. The summed E-state index contributed by atoms with van der Waals surface area (Å²) in [4.78, 5) is 13.7. The van der Waals surface area contributed by atoms with Gasteiger partial charge in [0.15, 0.2) is 0 Å². The Morgan fingerprint density at radius 1 is 1.07 bits per heavy atom. The molecule has 0 saturated carbocycles. The third-order valence-electron chi connectivity index (χ3n) is 3.97. The Labute approximate surface area is 173 Å². The second-order valence-electron chi connectivity index (χ2n) is 5.85. The van der Waals surface area contributed by atoms with Crippen molar-refractivity contribution in [1.82, 2.24) is 5.43 Å². The van der Waals surface area contributed by atoms with E-state index in [0.717, 1.165) is 11.1 Å². The molecule has 6 heteroatoms. The second-order valence-corrected chi connectivity index (χ2v) is 7.14. The summed E-state index contributed by atoms with van der Waals surface area (Å²) in [6.45, 7) is 0.273. The highest BCUT2D eigenvalue weighted by Crippen LogP contribution is 2.22. The maximum Gasteiger partial charge on any atom is 0.275 e. The van der Waals surface area contributed by atoms with Gasteiger partial charge in [-0.2, -0.15) is 5.10 Å². The van der Waals surface area contributed by atoms with Crippen LogP contribution in [0.25, 0.3) is 0 Å². The van der Waals surface area contributed by atoms with Gasteiger partial charge in [0.05, 0.1) is 11.8 Å². The van der Waals surface area contributed by atoms with Gasteiger partial charge in [0.2, 0.25) is 0 Å². The molecule has 142 valence electrons. The van der Waals surface area contributed by atoms with Crippen LogP contribution in [0.3, 0.4) is 0 Å². The Hall–Kier alpha value is -2.76. The average molecular weight is 411 g/mol. The third kappa shape index (κ3) is 5.38. The molecule has 0 atom stereocenters. The number of para-hydroxylation sites is 1. The molecule has 0 saturated heterocycles. The van der Waals surface area contributed by atoms with E-state index in [1.165, 1.54) is 4.90 Å². The molecular weight excluding hydrogens is 392 g/mol. The van der Waals surface area contributed by atoms with E-state index in [1.807, 2.05) is 54.8 Å². The van der Waals surface area contributed by atoms with Crippen molar-refractivity contribution in [3.05, 3.63) is 94.5 Å². The molecular formula is C22H19ClN2O2S. The van der Waals surface area contributed by atoms with E-state index in [4.69, 9.17) is 16.3 Å². The molecule has 0 radical (unpaired) electrons. The fourth-order valence-corrected chi connectivity index (χ4v) is 3.07. The molecule has 1 amide bonds.